The maximum Gasteiger partial charge on any atom is 0.192 e. The van der Waals surface area contributed by atoms with Crippen molar-refractivity contribution < 1.29 is 46.6 Å². The van der Waals surface area contributed by atoms with E-state index in [9.17, 15) is 9.59 Å². The smallest absolute Gasteiger partial charge is 0.192 e. The number of ketones is 2. The molecule has 0 aromatic heterocycles. The van der Waals surface area contributed by atoms with E-state index in [2.05, 4.69) is 140 Å². The lowest BCUT2D eigenvalue weighted by molar-refractivity contribution is -0.308. The van der Waals surface area contributed by atoms with Gasteiger partial charge in [0.1, 0.15) is 12.6 Å². The van der Waals surface area contributed by atoms with E-state index in [1.54, 1.807) is 7.11 Å². The molecular weight excluding hydrogens is 993 g/mol. The van der Waals surface area contributed by atoms with Gasteiger partial charge in [-0.1, -0.05) is 156 Å². The molecule has 1 fully saturated rings. The van der Waals surface area contributed by atoms with Crippen molar-refractivity contribution in [2.45, 2.75) is 244 Å². The number of carbonyl (C=O) groups is 2. The summed E-state index contributed by atoms with van der Waals surface area (Å²) in [4.78, 5) is 28.5. The van der Waals surface area contributed by atoms with E-state index in [1.807, 2.05) is 61.5 Å². The van der Waals surface area contributed by atoms with Crippen LogP contribution in [0, 0.1) is 11.8 Å². The molecule has 1 saturated heterocycles. The minimum Gasteiger partial charge on any atom is -0.414 e. The lowest BCUT2D eigenvalue weighted by Crippen LogP contribution is -2.58. The molecule has 0 radical (unpaired) electrons. The molecule has 8 atom stereocenters. The highest BCUT2D eigenvalue weighted by Crippen LogP contribution is 2.47. The van der Waals surface area contributed by atoms with Crippen LogP contribution in [0.5, 0.6) is 0 Å². The van der Waals surface area contributed by atoms with Crippen LogP contribution in [-0.2, 0) is 48.4 Å². The summed E-state index contributed by atoms with van der Waals surface area (Å²) in [5.74, 6) is -1.57. The molecule has 1 heterocycles. The first kappa shape index (κ1) is 66.3. The van der Waals surface area contributed by atoms with Gasteiger partial charge in [-0.15, -0.1) is 6.58 Å². The van der Waals surface area contributed by atoms with Crippen molar-refractivity contribution in [2.24, 2.45) is 11.8 Å². The van der Waals surface area contributed by atoms with Gasteiger partial charge in [0.05, 0.1) is 43.7 Å². The molecule has 3 rings (SSSR count). The monoisotopic (exact) mass is 1100 g/mol. The van der Waals surface area contributed by atoms with Crippen molar-refractivity contribution >= 4 is 44.6 Å². The number of benzene rings is 2. The Labute approximate surface area is 455 Å². The standard InChI is InChI=1S/C60H106O10Si4/c1-22-51-53(40-50(66-45-64-37-38-71(13,14)15)44-65-43-46-31-26-24-27-32-46)67-60(63-12,42-55(51)70-74(20,21)59(9,10)11)41-49(68-72(16,17)57(3,4)5)36-30-35-48(61)39-54(69-73(18,19)58(6,7)8)52(23-2)56(62)47-33-28-25-29-34-47/h22,24-29,31-34,49-55H,1,23,30,35-45H2,2-21H3/t49-,50+,51-,52-,53-,54+,55-,60+/m0/s1. The van der Waals surface area contributed by atoms with Gasteiger partial charge in [0, 0.05) is 71.3 Å². The first-order valence-electron chi connectivity index (χ1n) is 27.9. The van der Waals surface area contributed by atoms with Crippen LogP contribution in [0.2, 0.25) is 80.1 Å². The largest absolute Gasteiger partial charge is 0.414 e. The van der Waals surface area contributed by atoms with E-state index in [0.29, 0.717) is 70.3 Å². The maximum atomic E-state index is 14.4. The molecule has 1 aliphatic heterocycles. The van der Waals surface area contributed by atoms with Crippen LogP contribution in [0.15, 0.2) is 73.3 Å². The average molecular weight is 1100 g/mol. The number of ether oxygens (including phenoxy) is 5. The van der Waals surface area contributed by atoms with E-state index in [1.165, 1.54) is 0 Å². The molecule has 0 spiro atoms. The topological polar surface area (TPSA) is 108 Å². The van der Waals surface area contributed by atoms with Crippen LogP contribution in [0.25, 0.3) is 0 Å². The Hall–Kier alpha value is -1.93. The zero-order valence-electron chi connectivity index (χ0n) is 50.4. The summed E-state index contributed by atoms with van der Waals surface area (Å²) >= 11 is 0. The molecule has 0 saturated carbocycles. The van der Waals surface area contributed by atoms with E-state index >= 15 is 0 Å². The molecule has 0 unspecified atom stereocenters. The van der Waals surface area contributed by atoms with Crippen molar-refractivity contribution in [1.82, 2.24) is 0 Å². The predicted octanol–water partition coefficient (Wildman–Crippen LogP) is 15.8. The molecule has 1 aliphatic rings. The lowest BCUT2D eigenvalue weighted by atomic mass is 9.83. The number of Topliss-reactive ketones (excluding diaryl/α,β-unsaturated/α-hetero) is 2. The van der Waals surface area contributed by atoms with Crippen LogP contribution < -0.4 is 0 Å². The van der Waals surface area contributed by atoms with Crippen molar-refractivity contribution in [3.8, 4) is 0 Å². The Balaban J connectivity index is 2.02. The molecule has 0 aliphatic carbocycles. The molecule has 0 amide bonds. The van der Waals surface area contributed by atoms with Crippen LogP contribution in [-0.4, -0.2) is 108 Å². The highest BCUT2D eigenvalue weighted by atomic mass is 28.4. The third-order valence-corrected chi connectivity index (χ3v) is 31.9. The SMILES string of the molecule is C=C[C@H]1[C@H](C[C@H](COCc2ccccc2)OCOCC[Si](C)(C)C)O[C@@](C[C@H](CCCC(=O)C[C@@H](O[Si](C)(C)C(C)(C)C)[C@H](CC)C(=O)c2ccccc2)O[Si](C)(C)C(C)(C)C)(OC)C[C@@H]1O[Si](C)(C)C(C)(C)C. The summed E-state index contributed by atoms with van der Waals surface area (Å²) in [7, 11) is -6.63. The van der Waals surface area contributed by atoms with Gasteiger partial charge in [0.15, 0.2) is 36.5 Å². The van der Waals surface area contributed by atoms with Gasteiger partial charge in [0.2, 0.25) is 0 Å². The van der Waals surface area contributed by atoms with Gasteiger partial charge in [0.25, 0.3) is 0 Å². The minimum absolute atomic E-state index is 0.0287. The van der Waals surface area contributed by atoms with Gasteiger partial charge >= 0.3 is 0 Å². The molecule has 10 nitrogen and oxygen atoms in total. The number of hydrogen-bond acceptors (Lipinski definition) is 10. The Bertz CT molecular complexity index is 1990. The molecule has 2 aromatic carbocycles. The van der Waals surface area contributed by atoms with Gasteiger partial charge in [-0.05, 0) is 85.3 Å². The first-order chi connectivity index (χ1) is 34.1. The van der Waals surface area contributed by atoms with E-state index < -0.39 is 56.9 Å². The number of carbonyl (C=O) groups excluding carboxylic acids is 2. The second-order valence-electron chi connectivity index (χ2n) is 27.1. The van der Waals surface area contributed by atoms with Crippen molar-refractivity contribution in [3.63, 3.8) is 0 Å². The highest BCUT2D eigenvalue weighted by Gasteiger charge is 2.53. The fourth-order valence-electron chi connectivity index (χ4n) is 8.77. The minimum atomic E-state index is -2.37. The second kappa shape index (κ2) is 28.3. The normalized spacial score (nSPS) is 21.2. The second-order valence-corrected chi connectivity index (χ2v) is 47.0. The summed E-state index contributed by atoms with van der Waals surface area (Å²) < 4.78 is 55.0. The Kier molecular flexibility index (Phi) is 25.4. The molecule has 422 valence electrons. The van der Waals surface area contributed by atoms with Gasteiger partial charge in [-0.25, -0.2) is 0 Å². The van der Waals surface area contributed by atoms with Crippen molar-refractivity contribution in [3.05, 3.63) is 84.4 Å². The summed E-state index contributed by atoms with van der Waals surface area (Å²) in [5.41, 5.74) is 1.74. The number of hydrogen-bond donors (Lipinski definition) is 0. The zero-order chi connectivity index (χ0) is 56.0. The molecule has 74 heavy (non-hydrogen) atoms. The fraction of sp³-hybridized carbons (Fsp3) is 0.733. The molecule has 0 bridgehead atoms. The van der Waals surface area contributed by atoms with Gasteiger partial charge < -0.3 is 37.0 Å². The fourth-order valence-corrected chi connectivity index (χ4v) is 13.6. The Morgan fingerprint density at radius 2 is 1.35 bits per heavy atom. The average Bonchev–Trinajstić information content (AvgIpc) is 3.27. The first-order valence-corrected chi connectivity index (χ1v) is 40.3. The van der Waals surface area contributed by atoms with Crippen molar-refractivity contribution in [1.29, 1.82) is 0 Å². The summed E-state index contributed by atoms with van der Waals surface area (Å²) in [6, 6.07) is 20.7. The summed E-state index contributed by atoms with van der Waals surface area (Å²) in [6.07, 6.45) is 3.92. The zero-order valence-corrected chi connectivity index (χ0v) is 54.4. The van der Waals surface area contributed by atoms with E-state index in [0.717, 1.165) is 11.6 Å². The Morgan fingerprint density at radius 3 is 1.88 bits per heavy atom. The van der Waals surface area contributed by atoms with Crippen LogP contribution in [0.1, 0.15) is 137 Å². The lowest BCUT2D eigenvalue weighted by Gasteiger charge is -2.52. The van der Waals surface area contributed by atoms with E-state index in [4.69, 9.17) is 37.0 Å². The third kappa shape index (κ3) is 20.7. The van der Waals surface area contributed by atoms with Gasteiger partial charge in [-0.2, -0.15) is 0 Å². The van der Waals surface area contributed by atoms with E-state index in [-0.39, 0.29) is 64.1 Å². The molecular formula is C60H106O10Si4. The summed E-state index contributed by atoms with van der Waals surface area (Å²) in [5, 5.41) is -0.219. The number of methoxy groups -OCH3 is 1. The number of rotatable bonds is 32. The Morgan fingerprint density at radius 1 is 0.784 bits per heavy atom. The summed E-state index contributed by atoms with van der Waals surface area (Å²) in [6.45, 7) is 48.8. The van der Waals surface area contributed by atoms with Crippen molar-refractivity contribution in [2.75, 3.05) is 27.1 Å². The highest BCUT2D eigenvalue weighted by molar-refractivity contribution is 6.76. The van der Waals surface area contributed by atoms with Crippen LogP contribution in [0.3, 0.4) is 0 Å². The molecule has 2 aromatic rings. The van der Waals surface area contributed by atoms with Crippen LogP contribution >= 0.6 is 0 Å². The quantitative estimate of drug-likeness (QED) is 0.0231. The van der Waals surface area contributed by atoms with Gasteiger partial charge in [-0.3, -0.25) is 9.59 Å². The molecule has 0 N–H and O–H groups in total. The predicted molar refractivity (Wildman–Crippen MR) is 316 cm³/mol. The van der Waals surface area contributed by atoms with Crippen LogP contribution in [0.4, 0.5) is 0 Å². The maximum absolute atomic E-state index is 14.4. The molecule has 14 heteroatoms. The third-order valence-electron chi connectivity index (χ3n) is 16.7.